The maximum Gasteiger partial charge on any atom is 0.289 e. The minimum absolute atomic E-state index is 0.124. The predicted molar refractivity (Wildman–Crippen MR) is 89.7 cm³/mol. The van der Waals surface area contributed by atoms with Gasteiger partial charge in [-0.3, -0.25) is 4.79 Å². The minimum Gasteiger partial charge on any atom is -0.484 e. The van der Waals surface area contributed by atoms with Crippen molar-refractivity contribution in [2.45, 2.75) is 12.6 Å². The number of fused-ring (bicyclic) bond motifs is 1. The molecule has 3 aromatic rings. The van der Waals surface area contributed by atoms with Gasteiger partial charge in [0.2, 0.25) is 0 Å². The second-order valence-electron chi connectivity index (χ2n) is 5.79. The number of carbonyl (C=O) groups is 1. The Balaban J connectivity index is 1.71. The molecule has 4 heteroatoms. The van der Waals surface area contributed by atoms with Crippen LogP contribution in [0, 0.1) is 0 Å². The maximum atomic E-state index is 12.8. The summed E-state index contributed by atoms with van der Waals surface area (Å²) in [6, 6.07) is 21.2. The highest BCUT2D eigenvalue weighted by molar-refractivity contribution is 5.91. The fraction of sp³-hybridized carbons (Fsp3) is 0.150. The molecule has 0 radical (unpaired) electrons. The summed E-state index contributed by atoms with van der Waals surface area (Å²) in [5, 5.41) is 0. The van der Waals surface area contributed by atoms with E-state index in [1.807, 2.05) is 54.6 Å². The molecule has 2 heterocycles. The van der Waals surface area contributed by atoms with Gasteiger partial charge in [0.1, 0.15) is 11.9 Å². The molecule has 2 aromatic carbocycles. The summed E-state index contributed by atoms with van der Waals surface area (Å²) in [5.41, 5.74) is 2.04. The number of furan rings is 1. The van der Waals surface area contributed by atoms with Gasteiger partial charge in [0.15, 0.2) is 5.76 Å². The topological polar surface area (TPSA) is 42.7 Å². The normalized spacial score (nSPS) is 16.8. The second kappa shape index (κ2) is 6.24. The van der Waals surface area contributed by atoms with Gasteiger partial charge in [0.05, 0.1) is 12.8 Å². The van der Waals surface area contributed by atoms with Crippen molar-refractivity contribution in [2.24, 2.45) is 0 Å². The molecule has 0 saturated carbocycles. The average Bonchev–Trinajstić information content (AvgIpc) is 3.09. The van der Waals surface area contributed by atoms with Crippen molar-refractivity contribution in [1.29, 1.82) is 0 Å². The second-order valence-corrected chi connectivity index (χ2v) is 5.79. The molecular weight excluding hydrogens is 302 g/mol. The van der Waals surface area contributed by atoms with Gasteiger partial charge < -0.3 is 14.1 Å². The zero-order chi connectivity index (χ0) is 16.4. The third kappa shape index (κ3) is 2.78. The third-order valence-corrected chi connectivity index (χ3v) is 4.18. The summed E-state index contributed by atoms with van der Waals surface area (Å²) in [6.45, 7) is 0.970. The molecule has 1 aliphatic rings. The van der Waals surface area contributed by atoms with Crippen LogP contribution in [0.4, 0.5) is 0 Å². The van der Waals surface area contributed by atoms with Gasteiger partial charge in [-0.05, 0) is 23.8 Å². The minimum atomic E-state index is -0.214. The first-order chi connectivity index (χ1) is 11.8. The van der Waals surface area contributed by atoms with Crippen LogP contribution in [-0.4, -0.2) is 17.4 Å². The SMILES string of the molecule is O=C(c1ccco1)N1Cc2ccccc2OC(c2ccccc2)C1. The number of para-hydroxylation sites is 1. The summed E-state index contributed by atoms with van der Waals surface area (Å²) in [5.74, 6) is 1.04. The van der Waals surface area contributed by atoms with Crippen LogP contribution in [0.3, 0.4) is 0 Å². The van der Waals surface area contributed by atoms with Gasteiger partial charge in [-0.1, -0.05) is 48.5 Å². The highest BCUT2D eigenvalue weighted by atomic mass is 16.5. The Bertz CT molecular complexity index is 827. The zero-order valence-electron chi connectivity index (χ0n) is 13.1. The van der Waals surface area contributed by atoms with Gasteiger partial charge in [0.25, 0.3) is 5.91 Å². The maximum absolute atomic E-state index is 12.8. The Hall–Kier alpha value is -3.01. The van der Waals surface area contributed by atoms with Gasteiger partial charge in [-0.15, -0.1) is 0 Å². The molecule has 0 N–H and O–H groups in total. The van der Waals surface area contributed by atoms with Gasteiger partial charge in [0, 0.05) is 12.1 Å². The summed E-state index contributed by atoms with van der Waals surface area (Å²) in [6.07, 6.45) is 1.30. The Morgan fingerprint density at radius 2 is 1.75 bits per heavy atom. The number of hydrogen-bond donors (Lipinski definition) is 0. The number of benzene rings is 2. The number of carbonyl (C=O) groups excluding carboxylic acids is 1. The van der Waals surface area contributed by atoms with Crippen LogP contribution in [0.5, 0.6) is 5.75 Å². The smallest absolute Gasteiger partial charge is 0.289 e. The van der Waals surface area contributed by atoms with E-state index in [1.165, 1.54) is 6.26 Å². The van der Waals surface area contributed by atoms with E-state index < -0.39 is 0 Å². The fourth-order valence-corrected chi connectivity index (χ4v) is 2.96. The van der Waals surface area contributed by atoms with Gasteiger partial charge >= 0.3 is 0 Å². The third-order valence-electron chi connectivity index (χ3n) is 4.18. The van der Waals surface area contributed by atoms with Crippen molar-refractivity contribution < 1.29 is 13.9 Å². The summed E-state index contributed by atoms with van der Waals surface area (Å²) < 4.78 is 11.5. The number of ether oxygens (including phenoxy) is 1. The molecule has 4 rings (SSSR count). The van der Waals surface area contributed by atoms with Crippen LogP contribution in [0.1, 0.15) is 27.8 Å². The summed E-state index contributed by atoms with van der Waals surface area (Å²) in [4.78, 5) is 14.6. The number of hydrogen-bond acceptors (Lipinski definition) is 3. The number of rotatable bonds is 2. The van der Waals surface area contributed by atoms with Crippen molar-refractivity contribution >= 4 is 5.91 Å². The monoisotopic (exact) mass is 319 g/mol. The van der Waals surface area contributed by atoms with Gasteiger partial charge in [-0.25, -0.2) is 0 Å². The lowest BCUT2D eigenvalue weighted by atomic mass is 10.1. The van der Waals surface area contributed by atoms with Crippen LogP contribution >= 0.6 is 0 Å². The van der Waals surface area contributed by atoms with Crippen molar-refractivity contribution in [3.63, 3.8) is 0 Å². The van der Waals surface area contributed by atoms with E-state index in [1.54, 1.807) is 17.0 Å². The highest BCUT2D eigenvalue weighted by Gasteiger charge is 2.28. The summed E-state index contributed by atoms with van der Waals surface area (Å²) >= 11 is 0. The lowest BCUT2D eigenvalue weighted by molar-refractivity contribution is 0.0646. The molecule has 0 spiro atoms. The van der Waals surface area contributed by atoms with E-state index in [0.717, 1.165) is 16.9 Å². The van der Waals surface area contributed by atoms with E-state index >= 15 is 0 Å². The molecule has 0 fully saturated rings. The highest BCUT2D eigenvalue weighted by Crippen LogP contribution is 2.31. The fourth-order valence-electron chi connectivity index (χ4n) is 2.96. The first-order valence-corrected chi connectivity index (χ1v) is 7.93. The lowest BCUT2D eigenvalue weighted by Crippen LogP contribution is -2.33. The van der Waals surface area contributed by atoms with E-state index in [0.29, 0.717) is 18.8 Å². The van der Waals surface area contributed by atoms with E-state index in [9.17, 15) is 4.79 Å². The molecule has 1 aliphatic heterocycles. The molecule has 1 aromatic heterocycles. The summed E-state index contributed by atoms with van der Waals surface area (Å²) in [7, 11) is 0. The van der Waals surface area contributed by atoms with Crippen molar-refractivity contribution in [3.8, 4) is 5.75 Å². The molecular formula is C20H17NO3. The van der Waals surface area contributed by atoms with E-state index in [2.05, 4.69) is 0 Å². The lowest BCUT2D eigenvalue weighted by Gasteiger charge is -2.23. The average molecular weight is 319 g/mol. The van der Waals surface area contributed by atoms with Crippen molar-refractivity contribution in [3.05, 3.63) is 89.9 Å². The first-order valence-electron chi connectivity index (χ1n) is 7.93. The Morgan fingerprint density at radius 3 is 2.54 bits per heavy atom. The first kappa shape index (κ1) is 14.6. The van der Waals surface area contributed by atoms with Crippen molar-refractivity contribution in [2.75, 3.05) is 6.54 Å². The van der Waals surface area contributed by atoms with Crippen LogP contribution in [0.2, 0.25) is 0 Å². The predicted octanol–water partition coefficient (Wildman–Crippen LogP) is 4.06. The molecule has 1 amide bonds. The van der Waals surface area contributed by atoms with Crippen LogP contribution in [0.25, 0.3) is 0 Å². The molecule has 1 atom stereocenters. The van der Waals surface area contributed by atoms with Crippen LogP contribution in [-0.2, 0) is 6.54 Å². The van der Waals surface area contributed by atoms with Gasteiger partial charge in [-0.2, -0.15) is 0 Å². The Labute approximate surface area is 140 Å². The van der Waals surface area contributed by atoms with Crippen LogP contribution in [0.15, 0.2) is 77.4 Å². The van der Waals surface area contributed by atoms with E-state index in [4.69, 9.17) is 9.15 Å². The number of amides is 1. The van der Waals surface area contributed by atoms with Crippen LogP contribution < -0.4 is 4.74 Å². The molecule has 4 nitrogen and oxygen atoms in total. The largest absolute Gasteiger partial charge is 0.484 e. The number of nitrogens with zero attached hydrogens (tertiary/aromatic N) is 1. The molecule has 120 valence electrons. The zero-order valence-corrected chi connectivity index (χ0v) is 13.1. The molecule has 0 saturated heterocycles. The molecule has 0 bridgehead atoms. The Kier molecular flexibility index (Phi) is 3.79. The Morgan fingerprint density at radius 1 is 0.958 bits per heavy atom. The quantitative estimate of drug-likeness (QED) is 0.715. The molecule has 0 aliphatic carbocycles. The van der Waals surface area contributed by atoms with E-state index in [-0.39, 0.29) is 12.0 Å². The molecule has 1 unspecified atom stereocenters. The van der Waals surface area contributed by atoms with Crippen molar-refractivity contribution in [1.82, 2.24) is 4.90 Å². The standard InChI is InChI=1S/C20H17NO3/c22-20(18-11-6-12-23-18)21-13-16-9-4-5-10-17(16)24-19(14-21)15-7-2-1-3-8-15/h1-12,19H,13-14H2. The molecule has 24 heavy (non-hydrogen) atoms.